The second-order valence-electron chi connectivity index (χ2n) is 3.73. The third kappa shape index (κ3) is 7.41. The van der Waals surface area contributed by atoms with E-state index in [9.17, 15) is 19.2 Å². The van der Waals surface area contributed by atoms with Gasteiger partial charge in [-0.3, -0.25) is 0 Å². The van der Waals surface area contributed by atoms with E-state index in [4.69, 9.17) is 21.7 Å². The number of nitrogens with two attached hydrogens (primary N) is 2. The van der Waals surface area contributed by atoms with Crippen LogP contribution in [0, 0.1) is 0 Å². The van der Waals surface area contributed by atoms with Crippen LogP contribution >= 0.6 is 0 Å². The third-order valence-electron chi connectivity index (χ3n) is 2.21. The minimum absolute atomic E-state index is 0.0253. The molecular weight excluding hydrogens is 260 g/mol. The number of primary amides is 2. The van der Waals surface area contributed by atoms with Crippen molar-refractivity contribution in [2.75, 3.05) is 0 Å². The number of carboxylic acids is 2. The molecule has 0 bridgehead atoms. The van der Waals surface area contributed by atoms with Crippen molar-refractivity contribution >= 4 is 24.0 Å². The molecule has 0 spiro atoms. The lowest BCUT2D eigenvalue weighted by Crippen LogP contribution is -2.45. The normalized spacial score (nSPS) is 13.1. The number of rotatable bonds is 8. The van der Waals surface area contributed by atoms with Crippen molar-refractivity contribution in [3.8, 4) is 0 Å². The Morgan fingerprint density at radius 2 is 1.16 bits per heavy atom. The average Bonchev–Trinajstić information content (AvgIpc) is 2.24. The van der Waals surface area contributed by atoms with Gasteiger partial charge in [-0.25, -0.2) is 19.2 Å². The van der Waals surface area contributed by atoms with E-state index in [-0.39, 0.29) is 19.3 Å². The molecule has 0 heterocycles. The number of nitrogens with one attached hydrogen (secondary N) is 2. The second kappa shape index (κ2) is 7.74. The van der Waals surface area contributed by atoms with E-state index in [0.29, 0.717) is 0 Å². The molecule has 0 aliphatic carbocycles. The largest absolute Gasteiger partial charge is 0.480 e. The molecule has 0 rings (SSSR count). The number of aliphatic carboxylic acids is 2. The SMILES string of the molecule is NC(=O)NC(CCCC(NC(N)=O)C(=O)O)C(=O)O. The molecule has 0 aliphatic heterocycles. The fourth-order valence-corrected chi connectivity index (χ4v) is 1.38. The first-order valence-corrected chi connectivity index (χ1v) is 5.31. The van der Waals surface area contributed by atoms with Crippen molar-refractivity contribution in [1.29, 1.82) is 0 Å². The molecule has 0 aromatic rings. The van der Waals surface area contributed by atoms with Crippen molar-refractivity contribution in [3.05, 3.63) is 0 Å². The minimum atomic E-state index is -1.28. The summed E-state index contributed by atoms with van der Waals surface area (Å²) in [7, 11) is 0. The van der Waals surface area contributed by atoms with E-state index in [1.54, 1.807) is 0 Å². The maximum absolute atomic E-state index is 10.7. The first kappa shape index (κ1) is 16.5. The summed E-state index contributed by atoms with van der Waals surface area (Å²) in [5, 5.41) is 21.5. The van der Waals surface area contributed by atoms with E-state index < -0.39 is 36.1 Å². The molecule has 0 radical (unpaired) electrons. The van der Waals surface area contributed by atoms with Crippen molar-refractivity contribution in [2.45, 2.75) is 31.3 Å². The van der Waals surface area contributed by atoms with Crippen LogP contribution in [0.15, 0.2) is 0 Å². The Morgan fingerprint density at radius 3 is 1.37 bits per heavy atom. The van der Waals surface area contributed by atoms with Crippen LogP contribution in [0.2, 0.25) is 0 Å². The first-order chi connectivity index (χ1) is 8.73. The molecule has 108 valence electrons. The zero-order valence-corrected chi connectivity index (χ0v) is 9.96. The van der Waals surface area contributed by atoms with Crippen LogP contribution in [-0.4, -0.2) is 46.3 Å². The van der Waals surface area contributed by atoms with E-state index >= 15 is 0 Å². The quantitative estimate of drug-likeness (QED) is 0.310. The maximum Gasteiger partial charge on any atom is 0.326 e. The van der Waals surface area contributed by atoms with Crippen molar-refractivity contribution < 1.29 is 29.4 Å². The highest BCUT2D eigenvalue weighted by Gasteiger charge is 2.22. The van der Waals surface area contributed by atoms with Gasteiger partial charge in [-0.2, -0.15) is 0 Å². The highest BCUT2D eigenvalue weighted by molar-refractivity contribution is 5.82. The van der Waals surface area contributed by atoms with Crippen molar-refractivity contribution in [2.24, 2.45) is 11.5 Å². The summed E-state index contributed by atoms with van der Waals surface area (Å²) in [6.07, 6.45) is 0.0828. The first-order valence-electron chi connectivity index (χ1n) is 5.31. The molecule has 4 amide bonds. The number of carbonyl (C=O) groups is 4. The van der Waals surface area contributed by atoms with Gasteiger partial charge in [0.15, 0.2) is 0 Å². The number of urea groups is 2. The molecule has 0 saturated carbocycles. The van der Waals surface area contributed by atoms with Gasteiger partial charge in [-0.05, 0) is 19.3 Å². The fraction of sp³-hybridized carbons (Fsp3) is 0.556. The van der Waals surface area contributed by atoms with E-state index in [2.05, 4.69) is 0 Å². The summed E-state index contributed by atoms with van der Waals surface area (Å²) in [5.41, 5.74) is 9.59. The van der Waals surface area contributed by atoms with Gasteiger partial charge in [0.25, 0.3) is 0 Å². The van der Waals surface area contributed by atoms with Gasteiger partial charge in [0, 0.05) is 0 Å². The Bertz CT molecular complexity index is 338. The number of carboxylic acid groups (broad SMARTS) is 2. The van der Waals surface area contributed by atoms with Gasteiger partial charge in [0.1, 0.15) is 12.1 Å². The lowest BCUT2D eigenvalue weighted by molar-refractivity contribution is -0.139. The molecule has 0 aliphatic rings. The summed E-state index contributed by atoms with van der Waals surface area (Å²) in [4.78, 5) is 42.6. The van der Waals surface area contributed by atoms with Crippen LogP contribution < -0.4 is 22.1 Å². The van der Waals surface area contributed by atoms with Gasteiger partial charge >= 0.3 is 24.0 Å². The molecule has 0 fully saturated rings. The zero-order chi connectivity index (χ0) is 15.0. The van der Waals surface area contributed by atoms with Crippen LogP contribution in [-0.2, 0) is 9.59 Å². The molecule has 0 aromatic heterocycles. The molecule has 19 heavy (non-hydrogen) atoms. The molecule has 0 saturated heterocycles. The second-order valence-corrected chi connectivity index (χ2v) is 3.73. The van der Waals surface area contributed by atoms with E-state index in [1.807, 2.05) is 10.6 Å². The molecule has 0 aromatic carbocycles. The molecule has 10 nitrogen and oxygen atoms in total. The Morgan fingerprint density at radius 1 is 0.842 bits per heavy atom. The number of hydrogen-bond acceptors (Lipinski definition) is 4. The molecule has 2 unspecified atom stereocenters. The summed E-state index contributed by atoms with van der Waals surface area (Å²) in [6, 6.07) is -4.39. The highest BCUT2D eigenvalue weighted by Crippen LogP contribution is 2.05. The monoisotopic (exact) mass is 276 g/mol. The Hall–Kier alpha value is -2.52. The summed E-state index contributed by atoms with van der Waals surface area (Å²) in [5.74, 6) is -2.57. The average molecular weight is 276 g/mol. The molecule has 2 atom stereocenters. The zero-order valence-electron chi connectivity index (χ0n) is 9.96. The fourth-order valence-electron chi connectivity index (χ4n) is 1.38. The summed E-state index contributed by atoms with van der Waals surface area (Å²) < 4.78 is 0. The van der Waals surface area contributed by atoms with Crippen LogP contribution in [0.3, 0.4) is 0 Å². The van der Waals surface area contributed by atoms with Gasteiger partial charge in [0.05, 0.1) is 0 Å². The van der Waals surface area contributed by atoms with Crippen LogP contribution in [0.1, 0.15) is 19.3 Å². The van der Waals surface area contributed by atoms with Crippen molar-refractivity contribution in [1.82, 2.24) is 10.6 Å². The number of amides is 4. The molecule has 8 N–H and O–H groups in total. The van der Waals surface area contributed by atoms with Gasteiger partial charge in [-0.1, -0.05) is 0 Å². The van der Waals surface area contributed by atoms with Crippen LogP contribution in [0.5, 0.6) is 0 Å². The standard InChI is InChI=1S/C9H16N4O6/c10-8(18)12-4(6(14)15)2-1-3-5(7(16)17)13-9(11)19/h4-5H,1-3H2,(H,14,15)(H,16,17)(H3,10,12,18)(H3,11,13,19). The lowest BCUT2D eigenvalue weighted by Gasteiger charge is -2.15. The topological polar surface area (TPSA) is 185 Å². The predicted octanol–water partition coefficient (Wildman–Crippen LogP) is -1.60. The van der Waals surface area contributed by atoms with Crippen LogP contribution in [0.4, 0.5) is 9.59 Å². The van der Waals surface area contributed by atoms with Gasteiger partial charge in [0.2, 0.25) is 0 Å². The van der Waals surface area contributed by atoms with Gasteiger partial charge < -0.3 is 32.3 Å². The van der Waals surface area contributed by atoms with Crippen LogP contribution in [0.25, 0.3) is 0 Å². The Balaban J connectivity index is 4.28. The Kier molecular flexibility index (Phi) is 6.71. The smallest absolute Gasteiger partial charge is 0.326 e. The Labute approximate surface area is 108 Å². The van der Waals surface area contributed by atoms with Crippen molar-refractivity contribution in [3.63, 3.8) is 0 Å². The van der Waals surface area contributed by atoms with Gasteiger partial charge in [-0.15, -0.1) is 0 Å². The predicted molar refractivity (Wildman–Crippen MR) is 62.1 cm³/mol. The number of carbonyl (C=O) groups excluding carboxylic acids is 2. The minimum Gasteiger partial charge on any atom is -0.480 e. The van der Waals surface area contributed by atoms with E-state index in [0.717, 1.165) is 0 Å². The van der Waals surface area contributed by atoms with E-state index in [1.165, 1.54) is 0 Å². The highest BCUT2D eigenvalue weighted by atomic mass is 16.4. The maximum atomic E-state index is 10.7. The molecule has 10 heteroatoms. The lowest BCUT2D eigenvalue weighted by atomic mass is 10.1. The summed E-state index contributed by atoms with van der Waals surface area (Å²) in [6.45, 7) is 0. The molecular formula is C9H16N4O6. The number of hydrogen-bond donors (Lipinski definition) is 6. The summed E-state index contributed by atoms with van der Waals surface area (Å²) >= 11 is 0. The third-order valence-corrected chi connectivity index (χ3v) is 2.21.